The highest BCUT2D eigenvalue weighted by molar-refractivity contribution is 8.33. The molecule has 2 heterocycles. The number of nitrogens with zero attached hydrogens (tertiary/aromatic N) is 1. The molecule has 2 aliphatic carbocycles. The van der Waals surface area contributed by atoms with Crippen molar-refractivity contribution in [3.8, 4) is 0 Å². The first-order valence-electron chi connectivity index (χ1n) is 12.2. The number of allylic oxidation sites excluding steroid dienone is 5. The van der Waals surface area contributed by atoms with Gasteiger partial charge in [-0.15, -0.1) is 0 Å². The number of rotatable bonds is 5. The molecule has 0 bridgehead atoms. The van der Waals surface area contributed by atoms with E-state index in [1.807, 2.05) is 0 Å². The first-order valence-corrected chi connectivity index (χ1v) is 14.7. The van der Waals surface area contributed by atoms with Crippen molar-refractivity contribution in [1.29, 1.82) is 0 Å². The van der Waals surface area contributed by atoms with Gasteiger partial charge in [0.1, 0.15) is 6.10 Å². The topological polar surface area (TPSA) is 29.5 Å². The Balaban J connectivity index is 1.28. The monoisotopic (exact) mass is 431 g/mol. The Bertz CT molecular complexity index is 721. The maximum Gasteiger partial charge on any atom is 0.312 e. The van der Waals surface area contributed by atoms with Gasteiger partial charge in [0.15, 0.2) is 0 Å². The van der Waals surface area contributed by atoms with Crippen molar-refractivity contribution < 1.29 is 9.53 Å². The predicted octanol–water partition coefficient (Wildman–Crippen LogP) is 5.82. The summed E-state index contributed by atoms with van der Waals surface area (Å²) in [5.74, 6) is 4.58. The molecular formula is C26H41NO2S. The number of esters is 1. The Labute approximate surface area is 185 Å². The van der Waals surface area contributed by atoms with Gasteiger partial charge in [-0.1, -0.05) is 51.0 Å². The molecule has 0 N–H and O–H groups in total. The predicted molar refractivity (Wildman–Crippen MR) is 129 cm³/mol. The number of carbonyl (C=O) groups excluding carboxylic acids is 1. The molecule has 0 aromatic carbocycles. The molecule has 0 aromatic heterocycles. The van der Waals surface area contributed by atoms with E-state index >= 15 is 0 Å². The summed E-state index contributed by atoms with van der Waals surface area (Å²) in [5.41, 5.74) is 2.86. The van der Waals surface area contributed by atoms with Crippen LogP contribution in [0.25, 0.3) is 0 Å². The summed E-state index contributed by atoms with van der Waals surface area (Å²) in [6, 6.07) is 0. The third-order valence-electron chi connectivity index (χ3n) is 7.97. The minimum Gasteiger partial charge on any atom is -0.462 e. The highest BCUT2D eigenvalue weighted by atomic mass is 32.3. The standard InChI is InChI=1S/C26H41NO2S/c1-21(2)23-9-5-4-6-10-24(23)27-16-19-30(3,20-17-27)18-12-22-11-15-26(25(28)29-22)13-7-8-14-26/h4-5,9-10,21-22H,6-8,11-20H2,1-3H3. The van der Waals surface area contributed by atoms with E-state index < -0.39 is 10.0 Å². The Morgan fingerprint density at radius 1 is 1.20 bits per heavy atom. The molecule has 4 rings (SSSR count). The molecule has 1 spiro atoms. The van der Waals surface area contributed by atoms with Gasteiger partial charge < -0.3 is 9.64 Å². The van der Waals surface area contributed by atoms with E-state index in [0.717, 1.165) is 38.5 Å². The average Bonchev–Trinajstić information content (AvgIpc) is 3.06. The first-order chi connectivity index (χ1) is 14.4. The first kappa shape index (κ1) is 22.0. The number of ether oxygens (including phenoxy) is 1. The van der Waals surface area contributed by atoms with Crippen LogP contribution >= 0.6 is 10.0 Å². The third kappa shape index (κ3) is 4.69. The van der Waals surface area contributed by atoms with Gasteiger partial charge >= 0.3 is 5.97 Å². The van der Waals surface area contributed by atoms with Gasteiger partial charge in [-0.25, -0.2) is 10.0 Å². The van der Waals surface area contributed by atoms with E-state index in [1.54, 1.807) is 0 Å². The second kappa shape index (κ2) is 9.14. The molecule has 1 unspecified atom stereocenters. The van der Waals surface area contributed by atoms with Crippen LogP contribution < -0.4 is 0 Å². The summed E-state index contributed by atoms with van der Waals surface area (Å²) >= 11 is 0. The van der Waals surface area contributed by atoms with Crippen LogP contribution in [0, 0.1) is 11.3 Å². The molecule has 3 fully saturated rings. The van der Waals surface area contributed by atoms with E-state index in [2.05, 4.69) is 49.3 Å². The van der Waals surface area contributed by atoms with Crippen LogP contribution in [0.4, 0.5) is 0 Å². The normalized spacial score (nSPS) is 29.4. The van der Waals surface area contributed by atoms with Gasteiger partial charge in [0.2, 0.25) is 0 Å². The Hall–Kier alpha value is -1.16. The summed E-state index contributed by atoms with van der Waals surface area (Å²) in [5, 5.41) is 0. The fourth-order valence-corrected chi connectivity index (χ4v) is 8.52. The lowest BCUT2D eigenvalue weighted by Gasteiger charge is -2.47. The minimum absolute atomic E-state index is 0.0957. The molecule has 0 aromatic rings. The zero-order valence-electron chi connectivity index (χ0n) is 19.3. The average molecular weight is 432 g/mol. The molecule has 1 saturated carbocycles. The SMILES string of the molecule is CC(C)C1=CC=CCC=C1N1CCS(C)(CCC2CCC3(CCCC3)C(=O)O2)CC1. The molecule has 3 nitrogen and oxygen atoms in total. The van der Waals surface area contributed by atoms with Crippen molar-refractivity contribution in [3.63, 3.8) is 0 Å². The number of hydrogen-bond donors (Lipinski definition) is 0. The molecule has 2 saturated heterocycles. The van der Waals surface area contributed by atoms with Gasteiger partial charge in [-0.2, -0.15) is 0 Å². The van der Waals surface area contributed by atoms with Crippen LogP contribution in [0.3, 0.4) is 0 Å². The summed E-state index contributed by atoms with van der Waals surface area (Å²) in [6.45, 7) is 6.96. The lowest BCUT2D eigenvalue weighted by Crippen LogP contribution is -2.41. The fourth-order valence-electron chi connectivity index (χ4n) is 5.75. The molecule has 0 radical (unpaired) electrons. The largest absolute Gasteiger partial charge is 0.462 e. The van der Waals surface area contributed by atoms with Gasteiger partial charge in [-0.3, -0.25) is 4.79 Å². The molecular weight excluding hydrogens is 390 g/mol. The second-order valence-electron chi connectivity index (χ2n) is 10.4. The quantitative estimate of drug-likeness (QED) is 0.514. The Morgan fingerprint density at radius 3 is 2.60 bits per heavy atom. The maximum absolute atomic E-state index is 12.7. The number of hydrogen-bond acceptors (Lipinski definition) is 3. The van der Waals surface area contributed by atoms with Gasteiger partial charge in [-0.05, 0) is 73.5 Å². The van der Waals surface area contributed by atoms with Crippen molar-refractivity contribution in [3.05, 3.63) is 35.6 Å². The van der Waals surface area contributed by atoms with Crippen LogP contribution in [0.2, 0.25) is 0 Å². The van der Waals surface area contributed by atoms with Crippen LogP contribution in [-0.4, -0.2) is 53.6 Å². The Morgan fingerprint density at radius 2 is 1.93 bits per heavy atom. The second-order valence-corrected chi connectivity index (χ2v) is 14.6. The third-order valence-corrected chi connectivity index (χ3v) is 11.5. The summed E-state index contributed by atoms with van der Waals surface area (Å²) in [6.07, 6.45) is 20.8. The fraction of sp³-hybridized carbons (Fsp3) is 0.731. The van der Waals surface area contributed by atoms with Crippen molar-refractivity contribution >= 4 is 16.0 Å². The van der Waals surface area contributed by atoms with Crippen LogP contribution in [-0.2, 0) is 9.53 Å². The van der Waals surface area contributed by atoms with Crippen molar-refractivity contribution in [2.45, 2.75) is 71.3 Å². The highest BCUT2D eigenvalue weighted by Crippen LogP contribution is 2.50. The Kier molecular flexibility index (Phi) is 6.72. The molecule has 30 heavy (non-hydrogen) atoms. The molecule has 4 heteroatoms. The van der Waals surface area contributed by atoms with Crippen molar-refractivity contribution in [1.82, 2.24) is 4.90 Å². The minimum atomic E-state index is -0.598. The van der Waals surface area contributed by atoms with Crippen LogP contribution in [0.5, 0.6) is 0 Å². The zero-order chi connectivity index (χ0) is 21.2. The molecule has 168 valence electrons. The lowest BCUT2D eigenvalue weighted by molar-refractivity contribution is -0.169. The van der Waals surface area contributed by atoms with Gasteiger partial charge in [0.25, 0.3) is 0 Å². The molecule has 4 aliphatic rings. The van der Waals surface area contributed by atoms with E-state index in [4.69, 9.17) is 4.74 Å². The summed E-state index contributed by atoms with van der Waals surface area (Å²) in [7, 11) is -0.598. The molecule has 1 atom stereocenters. The van der Waals surface area contributed by atoms with Gasteiger partial charge in [0, 0.05) is 18.8 Å². The highest BCUT2D eigenvalue weighted by Gasteiger charge is 2.46. The lowest BCUT2D eigenvalue weighted by atomic mass is 9.78. The maximum atomic E-state index is 12.7. The van der Waals surface area contributed by atoms with Gasteiger partial charge in [0.05, 0.1) is 5.41 Å². The van der Waals surface area contributed by atoms with Crippen LogP contribution in [0.15, 0.2) is 35.6 Å². The van der Waals surface area contributed by atoms with E-state index in [-0.39, 0.29) is 17.5 Å². The van der Waals surface area contributed by atoms with Crippen LogP contribution in [0.1, 0.15) is 65.2 Å². The molecule has 0 amide bonds. The van der Waals surface area contributed by atoms with E-state index in [0.29, 0.717) is 5.92 Å². The number of cyclic esters (lactones) is 1. The number of carbonyl (C=O) groups is 1. The smallest absolute Gasteiger partial charge is 0.312 e. The zero-order valence-corrected chi connectivity index (χ0v) is 20.1. The van der Waals surface area contributed by atoms with Crippen molar-refractivity contribution in [2.75, 3.05) is 36.6 Å². The van der Waals surface area contributed by atoms with E-state index in [1.165, 1.54) is 54.5 Å². The summed E-state index contributed by atoms with van der Waals surface area (Å²) < 4.78 is 5.97. The van der Waals surface area contributed by atoms with Crippen molar-refractivity contribution in [2.24, 2.45) is 11.3 Å². The van der Waals surface area contributed by atoms with E-state index in [9.17, 15) is 4.79 Å². The summed E-state index contributed by atoms with van der Waals surface area (Å²) in [4.78, 5) is 15.3. The molecule has 2 aliphatic heterocycles.